The molecule has 0 saturated heterocycles. The number of nitrogens with one attached hydrogen (secondary N) is 1. The van der Waals surface area contributed by atoms with Crippen LogP contribution in [0.15, 0.2) is 54.6 Å². The van der Waals surface area contributed by atoms with Gasteiger partial charge in [0.15, 0.2) is 5.82 Å². The number of amides is 1. The monoisotopic (exact) mass is 429 g/mol. The number of aryl methyl sites for hydroxylation is 3. The molecule has 1 amide bonds. The second kappa shape index (κ2) is 8.84. The Morgan fingerprint density at radius 1 is 1.06 bits per heavy atom. The summed E-state index contributed by atoms with van der Waals surface area (Å²) in [6, 6.07) is 16.9. The second-order valence-electron chi connectivity index (χ2n) is 7.29. The Balaban J connectivity index is 1.68. The van der Waals surface area contributed by atoms with Crippen molar-refractivity contribution >= 4 is 23.4 Å². The van der Waals surface area contributed by atoms with Gasteiger partial charge in [-0.1, -0.05) is 18.2 Å². The van der Waals surface area contributed by atoms with Crippen molar-refractivity contribution in [1.82, 2.24) is 30.0 Å². The predicted molar refractivity (Wildman–Crippen MR) is 121 cm³/mol. The summed E-state index contributed by atoms with van der Waals surface area (Å²) in [5.74, 6) is 0.823. The fourth-order valence-electron chi connectivity index (χ4n) is 3.37. The van der Waals surface area contributed by atoms with Crippen molar-refractivity contribution < 1.29 is 9.53 Å². The van der Waals surface area contributed by atoms with Crippen LogP contribution in [0.5, 0.6) is 5.75 Å². The molecule has 162 valence electrons. The summed E-state index contributed by atoms with van der Waals surface area (Å²) in [5.41, 5.74) is 4.47. The average molecular weight is 429 g/mol. The molecule has 0 saturated carbocycles. The largest absolute Gasteiger partial charge is 0.497 e. The number of carbonyl (C=O) groups is 1. The first kappa shape index (κ1) is 21.0. The van der Waals surface area contributed by atoms with Gasteiger partial charge in [0.1, 0.15) is 11.4 Å². The molecule has 0 aliphatic carbocycles. The number of benzene rings is 2. The number of aromatic nitrogens is 6. The first-order valence-electron chi connectivity index (χ1n) is 10.0. The third-order valence-electron chi connectivity index (χ3n) is 4.84. The van der Waals surface area contributed by atoms with Gasteiger partial charge in [-0.15, -0.1) is 5.10 Å². The van der Waals surface area contributed by atoms with Crippen LogP contribution in [-0.4, -0.2) is 43.0 Å². The van der Waals surface area contributed by atoms with E-state index in [9.17, 15) is 4.79 Å². The fraction of sp³-hybridized carbons (Fsp3) is 0.174. The molecular weight excluding hydrogens is 406 g/mol. The zero-order chi connectivity index (χ0) is 22.7. The van der Waals surface area contributed by atoms with Gasteiger partial charge in [0.25, 0.3) is 5.91 Å². The molecule has 0 atom stereocenters. The van der Waals surface area contributed by atoms with Crippen LogP contribution >= 0.6 is 0 Å². The zero-order valence-corrected chi connectivity index (χ0v) is 18.3. The van der Waals surface area contributed by atoms with Crippen LogP contribution in [0.4, 0.5) is 5.69 Å². The van der Waals surface area contributed by atoms with Crippen molar-refractivity contribution in [3.8, 4) is 11.4 Å². The smallest absolute Gasteiger partial charge is 0.274 e. The van der Waals surface area contributed by atoms with Gasteiger partial charge in [-0.05, 0) is 79.2 Å². The quantitative estimate of drug-likeness (QED) is 0.472. The number of anilines is 1. The first-order chi connectivity index (χ1) is 15.4. The van der Waals surface area contributed by atoms with Crippen LogP contribution in [-0.2, 0) is 4.79 Å². The van der Waals surface area contributed by atoms with E-state index in [1.165, 1.54) is 4.68 Å². The van der Waals surface area contributed by atoms with Crippen molar-refractivity contribution in [3.05, 3.63) is 77.4 Å². The normalized spacial score (nSPS) is 11.4. The molecule has 2 aromatic heterocycles. The van der Waals surface area contributed by atoms with E-state index in [0.29, 0.717) is 17.3 Å². The number of hydrogen-bond donors (Lipinski definition) is 1. The predicted octanol–water partition coefficient (Wildman–Crippen LogP) is 3.43. The number of carbonyl (C=O) groups excluding carboxylic acids is 1. The van der Waals surface area contributed by atoms with Crippen LogP contribution in [0.2, 0.25) is 0 Å². The van der Waals surface area contributed by atoms with Gasteiger partial charge in [-0.25, -0.2) is 4.68 Å². The molecule has 32 heavy (non-hydrogen) atoms. The maximum atomic E-state index is 13.3. The van der Waals surface area contributed by atoms with Gasteiger partial charge in [-0.2, -0.15) is 9.78 Å². The van der Waals surface area contributed by atoms with Crippen LogP contribution in [0.25, 0.3) is 17.5 Å². The average Bonchev–Trinajstić information content (AvgIpc) is 3.36. The highest BCUT2D eigenvalue weighted by Crippen LogP contribution is 2.21. The second-order valence-corrected chi connectivity index (χ2v) is 7.29. The highest BCUT2D eigenvalue weighted by molar-refractivity contribution is 6.24. The highest BCUT2D eigenvalue weighted by atomic mass is 16.5. The summed E-state index contributed by atoms with van der Waals surface area (Å²) in [4.78, 5) is 13.3. The Morgan fingerprint density at radius 3 is 2.56 bits per heavy atom. The van der Waals surface area contributed by atoms with Gasteiger partial charge in [0, 0.05) is 11.4 Å². The molecule has 0 spiro atoms. The number of tetrazole rings is 1. The van der Waals surface area contributed by atoms with Crippen LogP contribution in [0.3, 0.4) is 0 Å². The maximum Gasteiger partial charge on any atom is 0.274 e. The Labute approximate surface area is 185 Å². The molecule has 0 fully saturated rings. The summed E-state index contributed by atoms with van der Waals surface area (Å²) in [5, 5.41) is 19.0. The lowest BCUT2D eigenvalue weighted by atomic mass is 10.1. The van der Waals surface area contributed by atoms with E-state index in [4.69, 9.17) is 4.74 Å². The number of hydrogen-bond acceptors (Lipinski definition) is 6. The lowest BCUT2D eigenvalue weighted by Gasteiger charge is -2.12. The number of methoxy groups -OCH3 is 1. The Kier molecular flexibility index (Phi) is 5.80. The minimum atomic E-state index is -0.353. The van der Waals surface area contributed by atoms with Crippen LogP contribution < -0.4 is 10.1 Å². The molecule has 2 heterocycles. The molecule has 4 aromatic rings. The first-order valence-corrected chi connectivity index (χ1v) is 10.0. The lowest BCUT2D eigenvalue weighted by molar-refractivity contribution is -0.111. The molecule has 0 aliphatic rings. The van der Waals surface area contributed by atoms with E-state index in [-0.39, 0.29) is 11.6 Å². The Morgan fingerprint density at radius 2 is 1.88 bits per heavy atom. The summed E-state index contributed by atoms with van der Waals surface area (Å²) < 4.78 is 8.53. The number of rotatable bonds is 6. The lowest BCUT2D eigenvalue weighted by Crippen LogP contribution is -2.19. The van der Waals surface area contributed by atoms with Gasteiger partial charge >= 0.3 is 0 Å². The topological polar surface area (TPSA) is 99.8 Å². The van der Waals surface area contributed by atoms with Gasteiger partial charge in [-0.3, -0.25) is 4.79 Å². The molecule has 0 unspecified atom stereocenters. The van der Waals surface area contributed by atoms with E-state index < -0.39 is 0 Å². The van der Waals surface area contributed by atoms with Crippen LogP contribution in [0, 0.1) is 20.8 Å². The number of nitrogens with zero attached hydrogens (tertiary/aromatic N) is 6. The fourth-order valence-corrected chi connectivity index (χ4v) is 3.37. The molecule has 0 bridgehead atoms. The van der Waals surface area contributed by atoms with E-state index in [2.05, 4.69) is 25.9 Å². The standard InChI is InChI=1S/C23H23N7O2/c1-15-11-16(2)29(26-15)20-9-6-8-19(14-20)24-23(31)22(30-17(3)25-27-28-30)13-18-7-5-10-21(12-18)32-4/h5-14H,1-4H3,(H,24,31)/b22-13-. The minimum absolute atomic E-state index is 0.275. The summed E-state index contributed by atoms with van der Waals surface area (Å²) >= 11 is 0. The minimum Gasteiger partial charge on any atom is -0.497 e. The Hall–Kier alpha value is -4.27. The van der Waals surface area contributed by atoms with Crippen LogP contribution in [0.1, 0.15) is 22.8 Å². The highest BCUT2D eigenvalue weighted by Gasteiger charge is 2.17. The van der Waals surface area contributed by atoms with Gasteiger partial charge in [0.2, 0.25) is 0 Å². The summed E-state index contributed by atoms with van der Waals surface area (Å²) in [6.45, 7) is 5.66. The van der Waals surface area contributed by atoms with Gasteiger partial charge in [0.05, 0.1) is 18.5 Å². The molecule has 0 aliphatic heterocycles. The molecule has 1 N–H and O–H groups in total. The molecule has 0 radical (unpaired) electrons. The summed E-state index contributed by atoms with van der Waals surface area (Å²) in [7, 11) is 1.59. The van der Waals surface area contributed by atoms with E-state index in [1.54, 1.807) is 20.1 Å². The molecule has 4 rings (SSSR count). The van der Waals surface area contributed by atoms with Crippen molar-refractivity contribution in [1.29, 1.82) is 0 Å². The van der Waals surface area contributed by atoms with Crippen molar-refractivity contribution in [3.63, 3.8) is 0 Å². The van der Waals surface area contributed by atoms with Gasteiger partial charge < -0.3 is 10.1 Å². The third kappa shape index (κ3) is 4.41. The molecule has 9 heteroatoms. The Bertz CT molecular complexity index is 1300. The summed E-state index contributed by atoms with van der Waals surface area (Å²) in [6.07, 6.45) is 1.71. The van der Waals surface area contributed by atoms with Crippen molar-refractivity contribution in [2.24, 2.45) is 0 Å². The molecular formula is C23H23N7O2. The zero-order valence-electron chi connectivity index (χ0n) is 18.3. The SMILES string of the molecule is COc1cccc(/C=C(/C(=O)Nc2cccc(-n3nc(C)cc3C)c2)n2nnnc2C)c1. The molecule has 9 nitrogen and oxygen atoms in total. The molecule has 2 aromatic carbocycles. The maximum absolute atomic E-state index is 13.3. The third-order valence-corrected chi connectivity index (χ3v) is 4.84. The van der Waals surface area contributed by atoms with E-state index >= 15 is 0 Å². The van der Waals surface area contributed by atoms with Crippen molar-refractivity contribution in [2.45, 2.75) is 20.8 Å². The number of ether oxygens (including phenoxy) is 1. The van der Waals surface area contributed by atoms with E-state index in [0.717, 1.165) is 22.6 Å². The van der Waals surface area contributed by atoms with E-state index in [1.807, 2.05) is 73.1 Å². The van der Waals surface area contributed by atoms with Crippen molar-refractivity contribution in [2.75, 3.05) is 12.4 Å².